The number of hydrogen-bond acceptors (Lipinski definition) is 4. The van der Waals surface area contributed by atoms with Crippen molar-refractivity contribution in [3.8, 4) is 17.0 Å². The molecule has 0 spiro atoms. The Hall–Kier alpha value is -2.66. The average molecular weight is 364 g/mol. The van der Waals surface area contributed by atoms with Crippen LogP contribution in [0, 0.1) is 0 Å². The second-order valence-corrected chi connectivity index (χ2v) is 7.76. The van der Waals surface area contributed by atoms with Crippen LogP contribution in [0.2, 0.25) is 0 Å². The number of benzene rings is 2. The molecule has 1 aliphatic rings. The number of amides is 1. The maximum absolute atomic E-state index is 12.8. The molecule has 0 saturated heterocycles. The molecule has 5 heteroatoms. The van der Waals surface area contributed by atoms with Gasteiger partial charge < -0.3 is 10.1 Å². The molecule has 4 rings (SSSR count). The SMILES string of the molecule is CC(C)(C(=O)Nc1nc(-c2ccc3c(c2)CCO3)cs1)c1ccccc1. The van der Waals surface area contributed by atoms with Gasteiger partial charge in [0.1, 0.15) is 5.75 Å². The number of hydrogen-bond donors (Lipinski definition) is 1. The summed E-state index contributed by atoms with van der Waals surface area (Å²) >= 11 is 1.44. The molecule has 0 fully saturated rings. The summed E-state index contributed by atoms with van der Waals surface area (Å²) in [4.78, 5) is 17.4. The van der Waals surface area contributed by atoms with Gasteiger partial charge in [0.15, 0.2) is 5.13 Å². The Morgan fingerprint density at radius 2 is 2.00 bits per heavy atom. The monoisotopic (exact) mass is 364 g/mol. The fraction of sp³-hybridized carbons (Fsp3) is 0.238. The molecule has 0 radical (unpaired) electrons. The lowest BCUT2D eigenvalue weighted by Crippen LogP contribution is -2.34. The highest BCUT2D eigenvalue weighted by atomic mass is 32.1. The second kappa shape index (κ2) is 6.57. The molecule has 26 heavy (non-hydrogen) atoms. The Morgan fingerprint density at radius 1 is 1.19 bits per heavy atom. The minimum absolute atomic E-state index is 0.0630. The summed E-state index contributed by atoms with van der Waals surface area (Å²) in [7, 11) is 0. The molecule has 1 aliphatic heterocycles. The maximum Gasteiger partial charge on any atom is 0.236 e. The van der Waals surface area contributed by atoms with Gasteiger partial charge in [0.25, 0.3) is 0 Å². The van der Waals surface area contributed by atoms with Crippen LogP contribution in [0.15, 0.2) is 53.9 Å². The maximum atomic E-state index is 12.8. The van der Waals surface area contributed by atoms with E-state index < -0.39 is 5.41 Å². The smallest absolute Gasteiger partial charge is 0.236 e. The van der Waals surface area contributed by atoms with Gasteiger partial charge in [0.2, 0.25) is 5.91 Å². The molecular weight excluding hydrogens is 344 g/mol. The van der Waals surface area contributed by atoms with Crippen LogP contribution >= 0.6 is 11.3 Å². The average Bonchev–Trinajstić information content (AvgIpc) is 3.30. The van der Waals surface area contributed by atoms with Gasteiger partial charge >= 0.3 is 0 Å². The van der Waals surface area contributed by atoms with Crippen molar-refractivity contribution in [1.29, 1.82) is 0 Å². The molecule has 4 nitrogen and oxygen atoms in total. The second-order valence-electron chi connectivity index (χ2n) is 6.90. The molecule has 1 amide bonds. The molecule has 2 aromatic carbocycles. The van der Waals surface area contributed by atoms with Gasteiger partial charge in [0, 0.05) is 17.4 Å². The number of rotatable bonds is 4. The first-order valence-electron chi connectivity index (χ1n) is 8.62. The summed E-state index contributed by atoms with van der Waals surface area (Å²) < 4.78 is 5.55. The molecule has 1 aromatic heterocycles. The van der Waals surface area contributed by atoms with Gasteiger partial charge in [-0.25, -0.2) is 4.98 Å². The van der Waals surface area contributed by atoms with Crippen LogP contribution in [-0.4, -0.2) is 17.5 Å². The van der Waals surface area contributed by atoms with Crippen molar-refractivity contribution in [2.24, 2.45) is 0 Å². The van der Waals surface area contributed by atoms with Crippen molar-refractivity contribution in [1.82, 2.24) is 4.98 Å². The molecule has 1 N–H and O–H groups in total. The first-order valence-corrected chi connectivity index (χ1v) is 9.50. The minimum atomic E-state index is -0.627. The van der Waals surface area contributed by atoms with Gasteiger partial charge in [-0.15, -0.1) is 11.3 Å². The molecule has 0 aliphatic carbocycles. The number of ether oxygens (including phenoxy) is 1. The number of carbonyl (C=O) groups excluding carboxylic acids is 1. The summed E-state index contributed by atoms with van der Waals surface area (Å²) in [6, 6.07) is 15.9. The fourth-order valence-corrected chi connectivity index (χ4v) is 3.76. The Bertz CT molecular complexity index is 948. The van der Waals surface area contributed by atoms with Crippen molar-refractivity contribution in [3.05, 3.63) is 65.0 Å². The zero-order valence-corrected chi connectivity index (χ0v) is 15.6. The van der Waals surface area contributed by atoms with Crippen molar-refractivity contribution in [2.75, 3.05) is 11.9 Å². The lowest BCUT2D eigenvalue weighted by atomic mass is 9.84. The van der Waals surface area contributed by atoms with Crippen LogP contribution < -0.4 is 10.1 Å². The number of fused-ring (bicyclic) bond motifs is 1. The van der Waals surface area contributed by atoms with E-state index in [-0.39, 0.29) is 5.91 Å². The van der Waals surface area contributed by atoms with Crippen LogP contribution in [0.1, 0.15) is 25.0 Å². The largest absolute Gasteiger partial charge is 0.493 e. The third-order valence-electron chi connectivity index (χ3n) is 4.77. The van der Waals surface area contributed by atoms with E-state index in [2.05, 4.69) is 16.4 Å². The van der Waals surface area contributed by atoms with E-state index in [4.69, 9.17) is 4.74 Å². The predicted molar refractivity (Wildman–Crippen MR) is 105 cm³/mol. The van der Waals surface area contributed by atoms with E-state index in [0.29, 0.717) is 5.13 Å². The highest BCUT2D eigenvalue weighted by Gasteiger charge is 2.30. The standard InChI is InChI=1S/C21H20N2O2S/c1-21(2,16-6-4-3-5-7-16)19(24)23-20-22-17(13-26-20)14-8-9-18-15(12-14)10-11-25-18/h3-9,12-13H,10-11H2,1-2H3,(H,22,23,24). The van der Waals surface area contributed by atoms with Gasteiger partial charge in [-0.1, -0.05) is 30.3 Å². The van der Waals surface area contributed by atoms with E-state index >= 15 is 0 Å². The summed E-state index contributed by atoms with van der Waals surface area (Å²) in [5.74, 6) is 0.897. The highest BCUT2D eigenvalue weighted by molar-refractivity contribution is 7.14. The number of thiazole rings is 1. The zero-order chi connectivity index (χ0) is 18.1. The molecule has 132 valence electrons. The third kappa shape index (κ3) is 3.10. The van der Waals surface area contributed by atoms with Crippen molar-refractivity contribution in [2.45, 2.75) is 25.7 Å². The van der Waals surface area contributed by atoms with Gasteiger partial charge in [-0.2, -0.15) is 0 Å². The first kappa shape index (κ1) is 16.8. The quantitative estimate of drug-likeness (QED) is 0.732. The fourth-order valence-electron chi connectivity index (χ4n) is 3.05. The van der Waals surface area contributed by atoms with E-state index in [9.17, 15) is 4.79 Å². The molecule has 3 aromatic rings. The molecular formula is C21H20N2O2S. The Labute approximate surface area is 156 Å². The number of nitrogens with zero attached hydrogens (tertiary/aromatic N) is 1. The molecule has 0 bridgehead atoms. The number of anilines is 1. The topological polar surface area (TPSA) is 51.2 Å². The Kier molecular flexibility index (Phi) is 4.24. The van der Waals surface area contributed by atoms with Crippen LogP contribution in [0.5, 0.6) is 5.75 Å². The molecule has 2 heterocycles. The Balaban J connectivity index is 1.52. The van der Waals surface area contributed by atoms with Crippen LogP contribution in [0.3, 0.4) is 0 Å². The van der Waals surface area contributed by atoms with Crippen molar-refractivity contribution >= 4 is 22.4 Å². The third-order valence-corrected chi connectivity index (χ3v) is 5.53. The number of aromatic nitrogens is 1. The van der Waals surface area contributed by atoms with Crippen LogP contribution in [-0.2, 0) is 16.6 Å². The molecule has 0 unspecified atom stereocenters. The molecule has 0 saturated carbocycles. The lowest BCUT2D eigenvalue weighted by Gasteiger charge is -2.23. The first-order chi connectivity index (χ1) is 12.5. The number of nitrogens with one attached hydrogen (secondary N) is 1. The van der Waals surface area contributed by atoms with Gasteiger partial charge in [-0.05, 0) is 43.2 Å². The summed E-state index contributed by atoms with van der Waals surface area (Å²) in [6.07, 6.45) is 0.933. The van der Waals surface area contributed by atoms with E-state index in [1.54, 1.807) is 0 Å². The summed E-state index contributed by atoms with van der Waals surface area (Å²) in [6.45, 7) is 4.59. The Morgan fingerprint density at radius 3 is 2.81 bits per heavy atom. The minimum Gasteiger partial charge on any atom is -0.493 e. The van der Waals surface area contributed by atoms with Crippen LogP contribution in [0.25, 0.3) is 11.3 Å². The number of carbonyl (C=O) groups is 1. The highest BCUT2D eigenvalue weighted by Crippen LogP contribution is 2.32. The van der Waals surface area contributed by atoms with Gasteiger partial charge in [-0.3, -0.25) is 4.79 Å². The van der Waals surface area contributed by atoms with E-state index in [1.165, 1.54) is 16.9 Å². The van der Waals surface area contributed by atoms with Crippen LogP contribution in [0.4, 0.5) is 5.13 Å². The molecule has 0 atom stereocenters. The van der Waals surface area contributed by atoms with E-state index in [1.807, 2.05) is 61.7 Å². The van der Waals surface area contributed by atoms with E-state index in [0.717, 1.165) is 35.6 Å². The van der Waals surface area contributed by atoms with Crippen molar-refractivity contribution in [3.63, 3.8) is 0 Å². The zero-order valence-electron chi connectivity index (χ0n) is 14.8. The summed E-state index contributed by atoms with van der Waals surface area (Å²) in [5, 5.41) is 5.56. The summed E-state index contributed by atoms with van der Waals surface area (Å²) in [5.41, 5.74) is 3.49. The van der Waals surface area contributed by atoms with Gasteiger partial charge in [0.05, 0.1) is 17.7 Å². The normalized spacial score (nSPS) is 13.2. The lowest BCUT2D eigenvalue weighted by molar-refractivity contribution is -0.120. The predicted octanol–water partition coefficient (Wildman–Crippen LogP) is 4.66. The van der Waals surface area contributed by atoms with Crippen molar-refractivity contribution < 1.29 is 9.53 Å².